The quantitative estimate of drug-likeness (QED) is 0.717. The molecule has 0 saturated heterocycles. The molecule has 1 aromatic heterocycles. The van der Waals surface area contributed by atoms with Crippen LogP contribution < -0.4 is 5.30 Å². The Hall–Kier alpha value is -0.110. The van der Waals surface area contributed by atoms with E-state index in [1.807, 2.05) is 11.4 Å². The third-order valence-electron chi connectivity index (χ3n) is 1.42. The maximum Gasteiger partial charge on any atom is 0.110 e. The Bertz CT molecular complexity index is 286. The van der Waals surface area contributed by atoms with Crippen LogP contribution in [0.4, 0.5) is 0 Å². The maximum atomic E-state index is 11.5. The zero-order chi connectivity index (χ0) is 8.48. The largest absolute Gasteiger partial charge is 0.391 e. The predicted molar refractivity (Wildman–Crippen MR) is 49.3 cm³/mol. The van der Waals surface area contributed by atoms with Gasteiger partial charge in [-0.15, -0.1) is 11.3 Å². The standard InChI is InChI=1S/C7H11O2PS/c1-10(2,9)6-3-7(4-8)11-5-6/h3,5,8H,4H2,1-2H3. The molecule has 4 heteroatoms. The molecule has 1 heterocycles. The fourth-order valence-electron chi connectivity index (χ4n) is 0.734. The van der Waals surface area contributed by atoms with E-state index in [1.165, 1.54) is 11.3 Å². The lowest BCUT2D eigenvalue weighted by Crippen LogP contribution is -1.97. The van der Waals surface area contributed by atoms with E-state index in [1.54, 1.807) is 13.3 Å². The third kappa shape index (κ3) is 2.16. The first-order chi connectivity index (χ1) is 5.04. The van der Waals surface area contributed by atoms with Crippen molar-refractivity contribution in [1.82, 2.24) is 0 Å². The number of aliphatic hydroxyl groups excluding tert-OH is 1. The third-order valence-corrected chi connectivity index (χ3v) is 4.02. The fourth-order valence-corrected chi connectivity index (χ4v) is 3.07. The first-order valence-electron chi connectivity index (χ1n) is 3.28. The second-order valence-corrected chi connectivity index (χ2v) is 6.99. The normalized spacial score (nSPS) is 11.9. The van der Waals surface area contributed by atoms with Gasteiger partial charge in [-0.1, -0.05) is 0 Å². The highest BCUT2D eigenvalue weighted by Crippen LogP contribution is 2.36. The minimum absolute atomic E-state index is 0.0463. The minimum atomic E-state index is -2.11. The van der Waals surface area contributed by atoms with Crippen LogP contribution in [0.2, 0.25) is 0 Å². The summed E-state index contributed by atoms with van der Waals surface area (Å²) in [6, 6.07) is 1.81. The summed E-state index contributed by atoms with van der Waals surface area (Å²) in [6.45, 7) is 3.51. The summed E-state index contributed by atoms with van der Waals surface area (Å²) in [5.74, 6) is 0. The second kappa shape index (κ2) is 3.10. The van der Waals surface area contributed by atoms with E-state index in [4.69, 9.17) is 5.11 Å². The molecule has 0 aliphatic rings. The van der Waals surface area contributed by atoms with E-state index in [-0.39, 0.29) is 6.61 Å². The zero-order valence-electron chi connectivity index (χ0n) is 6.57. The summed E-state index contributed by atoms with van der Waals surface area (Å²) in [5, 5.41) is 11.5. The lowest BCUT2D eigenvalue weighted by molar-refractivity contribution is 0.285. The monoisotopic (exact) mass is 190 g/mol. The number of thiophene rings is 1. The van der Waals surface area contributed by atoms with Crippen molar-refractivity contribution < 1.29 is 9.67 Å². The number of hydrogen-bond donors (Lipinski definition) is 1. The van der Waals surface area contributed by atoms with E-state index in [9.17, 15) is 4.57 Å². The summed E-state index contributed by atoms with van der Waals surface area (Å²) >= 11 is 1.45. The van der Waals surface area contributed by atoms with Crippen LogP contribution in [-0.4, -0.2) is 18.4 Å². The van der Waals surface area contributed by atoms with E-state index in [0.717, 1.165) is 10.2 Å². The highest BCUT2D eigenvalue weighted by Gasteiger charge is 2.12. The van der Waals surface area contributed by atoms with Gasteiger partial charge >= 0.3 is 0 Å². The van der Waals surface area contributed by atoms with Gasteiger partial charge in [0.2, 0.25) is 0 Å². The molecule has 62 valence electrons. The van der Waals surface area contributed by atoms with Gasteiger partial charge in [0, 0.05) is 15.6 Å². The number of aliphatic hydroxyl groups is 1. The Balaban J connectivity index is 2.99. The summed E-state index contributed by atoms with van der Waals surface area (Å²) < 4.78 is 11.5. The van der Waals surface area contributed by atoms with Crippen molar-refractivity contribution in [2.75, 3.05) is 13.3 Å². The molecule has 1 N–H and O–H groups in total. The maximum absolute atomic E-state index is 11.5. The Morgan fingerprint density at radius 2 is 2.27 bits per heavy atom. The van der Waals surface area contributed by atoms with Gasteiger partial charge in [-0.05, 0) is 19.4 Å². The van der Waals surface area contributed by atoms with Crippen molar-refractivity contribution >= 4 is 23.8 Å². The lowest BCUT2D eigenvalue weighted by atomic mass is 10.5. The molecule has 0 bridgehead atoms. The van der Waals surface area contributed by atoms with Crippen molar-refractivity contribution in [2.24, 2.45) is 0 Å². The molecule has 11 heavy (non-hydrogen) atoms. The summed E-state index contributed by atoms with van der Waals surface area (Å²) in [6.07, 6.45) is 0. The molecule has 0 unspecified atom stereocenters. The van der Waals surface area contributed by atoms with Gasteiger partial charge < -0.3 is 9.67 Å². The molecule has 1 rings (SSSR count). The summed E-state index contributed by atoms with van der Waals surface area (Å²) in [7, 11) is -2.11. The van der Waals surface area contributed by atoms with Crippen molar-refractivity contribution in [3.63, 3.8) is 0 Å². The van der Waals surface area contributed by atoms with Crippen LogP contribution in [0, 0.1) is 0 Å². The van der Waals surface area contributed by atoms with E-state index < -0.39 is 7.14 Å². The topological polar surface area (TPSA) is 37.3 Å². The highest BCUT2D eigenvalue weighted by molar-refractivity contribution is 7.70. The van der Waals surface area contributed by atoms with Crippen molar-refractivity contribution in [3.05, 3.63) is 16.3 Å². The van der Waals surface area contributed by atoms with Crippen LogP contribution in [-0.2, 0) is 11.2 Å². The SMILES string of the molecule is CP(C)(=O)c1csc(CO)c1. The molecule has 0 fully saturated rings. The molecule has 0 saturated carbocycles. The molecule has 2 nitrogen and oxygen atoms in total. The van der Waals surface area contributed by atoms with Crippen LogP contribution in [0.15, 0.2) is 11.4 Å². The average molecular weight is 190 g/mol. The average Bonchev–Trinajstić information content (AvgIpc) is 2.32. The molecule has 0 aliphatic carbocycles. The fraction of sp³-hybridized carbons (Fsp3) is 0.429. The van der Waals surface area contributed by atoms with Crippen LogP contribution in [0.1, 0.15) is 4.88 Å². The van der Waals surface area contributed by atoms with Gasteiger partial charge in [0.05, 0.1) is 6.61 Å². The molecule has 0 aromatic carbocycles. The summed E-state index contributed by atoms with van der Waals surface area (Å²) in [5.41, 5.74) is 0. The molecule has 0 atom stereocenters. The van der Waals surface area contributed by atoms with Gasteiger partial charge in [0.25, 0.3) is 0 Å². The van der Waals surface area contributed by atoms with Crippen LogP contribution in [0.5, 0.6) is 0 Å². The van der Waals surface area contributed by atoms with Crippen LogP contribution in [0.25, 0.3) is 0 Å². The van der Waals surface area contributed by atoms with Gasteiger partial charge in [0.1, 0.15) is 7.14 Å². The summed E-state index contributed by atoms with van der Waals surface area (Å²) in [4.78, 5) is 0.879. The number of hydrogen-bond acceptors (Lipinski definition) is 3. The van der Waals surface area contributed by atoms with Crippen molar-refractivity contribution in [1.29, 1.82) is 0 Å². The zero-order valence-corrected chi connectivity index (χ0v) is 8.28. The predicted octanol–water partition coefficient (Wildman–Crippen LogP) is 1.49. The highest BCUT2D eigenvalue weighted by atomic mass is 32.1. The molecule has 0 spiro atoms. The van der Waals surface area contributed by atoms with Gasteiger partial charge in [-0.3, -0.25) is 0 Å². The van der Waals surface area contributed by atoms with E-state index >= 15 is 0 Å². The van der Waals surface area contributed by atoms with E-state index in [0.29, 0.717) is 0 Å². The molecule has 1 aromatic rings. The first-order valence-corrected chi connectivity index (χ1v) is 6.76. The Morgan fingerprint density at radius 3 is 2.55 bits per heavy atom. The van der Waals surface area contributed by atoms with Crippen molar-refractivity contribution in [3.8, 4) is 0 Å². The molecule has 0 aliphatic heterocycles. The lowest BCUT2D eigenvalue weighted by Gasteiger charge is -2.00. The molecular formula is C7H11O2PS. The first kappa shape index (κ1) is 8.98. The number of rotatable bonds is 2. The Labute approximate surface area is 70.3 Å². The second-order valence-electron chi connectivity index (χ2n) is 2.78. The minimum Gasteiger partial charge on any atom is -0.391 e. The van der Waals surface area contributed by atoms with Gasteiger partial charge in [0.15, 0.2) is 0 Å². The van der Waals surface area contributed by atoms with Gasteiger partial charge in [-0.25, -0.2) is 0 Å². The molecule has 0 radical (unpaired) electrons. The smallest absolute Gasteiger partial charge is 0.110 e. The Morgan fingerprint density at radius 1 is 1.64 bits per heavy atom. The van der Waals surface area contributed by atoms with Gasteiger partial charge in [-0.2, -0.15) is 0 Å². The van der Waals surface area contributed by atoms with E-state index in [2.05, 4.69) is 0 Å². The van der Waals surface area contributed by atoms with Crippen LogP contribution in [0.3, 0.4) is 0 Å². The Kier molecular flexibility index (Phi) is 2.53. The van der Waals surface area contributed by atoms with Crippen LogP contribution >= 0.6 is 18.5 Å². The molecular weight excluding hydrogens is 179 g/mol. The molecule has 0 amide bonds. The van der Waals surface area contributed by atoms with Crippen molar-refractivity contribution in [2.45, 2.75) is 6.61 Å².